The smallest absolute Gasteiger partial charge is 0.325 e. The first-order chi connectivity index (χ1) is 6.02. The third kappa shape index (κ3) is 3.92. The van der Waals surface area contributed by atoms with Crippen molar-refractivity contribution in [3.05, 3.63) is 0 Å². The van der Waals surface area contributed by atoms with E-state index in [-0.39, 0.29) is 24.3 Å². The molecule has 0 fully saturated rings. The van der Waals surface area contributed by atoms with Gasteiger partial charge in [0.15, 0.2) is 0 Å². The molecular formula is C9H17NO3. The fourth-order valence-corrected chi connectivity index (χ4v) is 0.887. The van der Waals surface area contributed by atoms with Crippen molar-refractivity contribution in [3.8, 4) is 0 Å². The van der Waals surface area contributed by atoms with E-state index in [1.54, 1.807) is 7.05 Å². The molecule has 76 valence electrons. The molecule has 0 aliphatic heterocycles. The third-order valence-corrected chi connectivity index (χ3v) is 2.00. The molecule has 0 aromatic carbocycles. The number of amides is 1. The Balaban J connectivity index is 4.03. The number of methoxy groups -OCH3 is 1. The Morgan fingerprint density at radius 3 is 2.38 bits per heavy atom. The van der Waals surface area contributed by atoms with Crippen LogP contribution in [-0.2, 0) is 14.3 Å². The van der Waals surface area contributed by atoms with Crippen LogP contribution in [0.25, 0.3) is 0 Å². The van der Waals surface area contributed by atoms with Crippen molar-refractivity contribution in [2.24, 2.45) is 5.92 Å². The summed E-state index contributed by atoms with van der Waals surface area (Å²) < 4.78 is 4.45. The fraction of sp³-hybridized carbons (Fsp3) is 0.778. The highest BCUT2D eigenvalue weighted by Gasteiger charge is 2.17. The lowest BCUT2D eigenvalue weighted by Crippen LogP contribution is -2.35. The van der Waals surface area contributed by atoms with E-state index in [0.717, 1.165) is 6.42 Å². The lowest BCUT2D eigenvalue weighted by Gasteiger charge is -2.18. The molecule has 0 aliphatic rings. The van der Waals surface area contributed by atoms with Gasteiger partial charge in [-0.15, -0.1) is 0 Å². The zero-order valence-electron chi connectivity index (χ0n) is 8.66. The van der Waals surface area contributed by atoms with Crippen LogP contribution in [0.15, 0.2) is 0 Å². The second-order valence-electron chi connectivity index (χ2n) is 3.08. The molecular weight excluding hydrogens is 170 g/mol. The average molecular weight is 187 g/mol. The minimum absolute atomic E-state index is 0.0205. The van der Waals surface area contributed by atoms with E-state index in [4.69, 9.17) is 0 Å². The molecule has 0 aromatic heterocycles. The number of likely N-dealkylation sites (N-methyl/N-ethyl adjacent to an activating group) is 1. The van der Waals surface area contributed by atoms with Crippen LogP contribution in [0, 0.1) is 5.92 Å². The van der Waals surface area contributed by atoms with Gasteiger partial charge in [0, 0.05) is 13.0 Å². The number of ether oxygens (including phenoxy) is 1. The fourth-order valence-electron chi connectivity index (χ4n) is 0.887. The summed E-state index contributed by atoms with van der Waals surface area (Å²) in [6.45, 7) is 3.81. The van der Waals surface area contributed by atoms with Crippen molar-refractivity contribution in [2.45, 2.75) is 20.3 Å². The van der Waals surface area contributed by atoms with E-state index in [0.29, 0.717) is 0 Å². The number of hydrogen-bond acceptors (Lipinski definition) is 3. The molecule has 4 heteroatoms. The predicted molar refractivity (Wildman–Crippen MR) is 49.1 cm³/mol. The highest BCUT2D eigenvalue weighted by Crippen LogP contribution is 2.04. The van der Waals surface area contributed by atoms with Crippen LogP contribution < -0.4 is 0 Å². The standard InChI is InChI=1S/C9H17NO3/c1-5-7(2)9(12)10(3)6-8(11)13-4/h7H,5-6H2,1-4H3. The molecule has 0 spiro atoms. The molecule has 0 radical (unpaired) electrons. The van der Waals surface area contributed by atoms with Crippen molar-refractivity contribution < 1.29 is 14.3 Å². The Labute approximate surface area is 78.9 Å². The lowest BCUT2D eigenvalue weighted by atomic mass is 10.1. The van der Waals surface area contributed by atoms with Gasteiger partial charge < -0.3 is 9.64 Å². The number of carbonyl (C=O) groups excluding carboxylic acids is 2. The van der Waals surface area contributed by atoms with Crippen LogP contribution in [-0.4, -0.2) is 37.5 Å². The van der Waals surface area contributed by atoms with Crippen molar-refractivity contribution in [1.82, 2.24) is 4.90 Å². The second kappa shape index (κ2) is 5.56. The van der Waals surface area contributed by atoms with Gasteiger partial charge in [-0.05, 0) is 6.42 Å². The van der Waals surface area contributed by atoms with Gasteiger partial charge in [0.2, 0.25) is 5.91 Å². The van der Waals surface area contributed by atoms with Crippen LogP contribution >= 0.6 is 0 Å². The zero-order chi connectivity index (χ0) is 10.4. The number of rotatable bonds is 4. The van der Waals surface area contributed by atoms with Crippen LogP contribution in [0.1, 0.15) is 20.3 Å². The Kier molecular flexibility index (Phi) is 5.11. The SMILES string of the molecule is CCC(C)C(=O)N(C)CC(=O)OC. The van der Waals surface area contributed by atoms with E-state index in [9.17, 15) is 9.59 Å². The maximum atomic E-state index is 11.4. The monoisotopic (exact) mass is 187 g/mol. The molecule has 0 bridgehead atoms. The molecule has 1 unspecified atom stereocenters. The van der Waals surface area contributed by atoms with Crippen LogP contribution in [0.4, 0.5) is 0 Å². The van der Waals surface area contributed by atoms with E-state index < -0.39 is 0 Å². The number of esters is 1. The summed E-state index contributed by atoms with van der Waals surface area (Å²) in [5.74, 6) is -0.443. The summed E-state index contributed by atoms with van der Waals surface area (Å²) in [6, 6.07) is 0. The van der Waals surface area contributed by atoms with Gasteiger partial charge in [0.25, 0.3) is 0 Å². The minimum atomic E-state index is -0.390. The molecule has 0 N–H and O–H groups in total. The molecule has 0 heterocycles. The highest BCUT2D eigenvalue weighted by molar-refractivity contribution is 5.83. The third-order valence-electron chi connectivity index (χ3n) is 2.00. The Morgan fingerprint density at radius 2 is 2.00 bits per heavy atom. The summed E-state index contributed by atoms with van der Waals surface area (Å²) >= 11 is 0. The van der Waals surface area contributed by atoms with Crippen LogP contribution in [0.3, 0.4) is 0 Å². The van der Waals surface area contributed by atoms with Crippen LogP contribution in [0.5, 0.6) is 0 Å². The molecule has 0 aliphatic carbocycles. The average Bonchev–Trinajstić information content (AvgIpc) is 2.14. The Bertz CT molecular complexity index is 191. The summed E-state index contributed by atoms with van der Waals surface area (Å²) in [6.07, 6.45) is 0.782. The van der Waals surface area contributed by atoms with E-state index in [1.165, 1.54) is 12.0 Å². The maximum Gasteiger partial charge on any atom is 0.325 e. The first-order valence-corrected chi connectivity index (χ1v) is 4.34. The van der Waals surface area contributed by atoms with E-state index >= 15 is 0 Å². The molecule has 0 aromatic rings. The largest absolute Gasteiger partial charge is 0.468 e. The summed E-state index contributed by atoms with van der Waals surface area (Å²) in [4.78, 5) is 23.7. The lowest BCUT2D eigenvalue weighted by molar-refractivity contribution is -0.147. The quantitative estimate of drug-likeness (QED) is 0.607. The van der Waals surface area contributed by atoms with Gasteiger partial charge in [-0.1, -0.05) is 13.8 Å². The van der Waals surface area contributed by atoms with Gasteiger partial charge in [-0.3, -0.25) is 9.59 Å². The summed E-state index contributed by atoms with van der Waals surface area (Å²) in [5, 5.41) is 0. The molecule has 1 atom stereocenters. The van der Waals surface area contributed by atoms with Gasteiger partial charge >= 0.3 is 5.97 Å². The van der Waals surface area contributed by atoms with Crippen molar-refractivity contribution in [1.29, 1.82) is 0 Å². The van der Waals surface area contributed by atoms with Gasteiger partial charge in [0.1, 0.15) is 6.54 Å². The Morgan fingerprint density at radius 1 is 1.46 bits per heavy atom. The normalized spacial score (nSPS) is 12.0. The second-order valence-corrected chi connectivity index (χ2v) is 3.08. The molecule has 1 amide bonds. The molecule has 0 rings (SSSR count). The zero-order valence-corrected chi connectivity index (χ0v) is 8.66. The number of carbonyl (C=O) groups is 2. The van der Waals surface area contributed by atoms with E-state index in [2.05, 4.69) is 4.74 Å². The molecule has 13 heavy (non-hydrogen) atoms. The summed E-state index contributed by atoms with van der Waals surface area (Å²) in [7, 11) is 2.91. The van der Waals surface area contributed by atoms with Gasteiger partial charge in [-0.2, -0.15) is 0 Å². The minimum Gasteiger partial charge on any atom is -0.468 e. The molecule has 4 nitrogen and oxygen atoms in total. The summed E-state index contributed by atoms with van der Waals surface area (Å²) in [5.41, 5.74) is 0. The van der Waals surface area contributed by atoms with Crippen LogP contribution in [0.2, 0.25) is 0 Å². The molecule has 0 saturated heterocycles. The first-order valence-electron chi connectivity index (χ1n) is 4.34. The number of nitrogens with zero attached hydrogens (tertiary/aromatic N) is 1. The first kappa shape index (κ1) is 11.9. The highest BCUT2D eigenvalue weighted by atomic mass is 16.5. The van der Waals surface area contributed by atoms with Crippen molar-refractivity contribution in [2.75, 3.05) is 20.7 Å². The maximum absolute atomic E-state index is 11.4. The van der Waals surface area contributed by atoms with Gasteiger partial charge in [0.05, 0.1) is 7.11 Å². The van der Waals surface area contributed by atoms with Crippen molar-refractivity contribution >= 4 is 11.9 Å². The van der Waals surface area contributed by atoms with Crippen molar-refractivity contribution in [3.63, 3.8) is 0 Å². The van der Waals surface area contributed by atoms with E-state index in [1.807, 2.05) is 13.8 Å². The number of hydrogen-bond donors (Lipinski definition) is 0. The van der Waals surface area contributed by atoms with Gasteiger partial charge in [-0.25, -0.2) is 0 Å². The predicted octanol–water partition coefficient (Wildman–Crippen LogP) is 0.664. The Hall–Kier alpha value is -1.06. The molecule has 0 saturated carbocycles. The topological polar surface area (TPSA) is 46.6 Å².